The van der Waals surface area contributed by atoms with Crippen molar-refractivity contribution in [1.82, 2.24) is 14.8 Å². The van der Waals surface area contributed by atoms with E-state index in [0.717, 1.165) is 27.7 Å². The van der Waals surface area contributed by atoms with Gasteiger partial charge in [0.25, 0.3) is 5.56 Å². The van der Waals surface area contributed by atoms with Crippen molar-refractivity contribution in [3.05, 3.63) is 58.5 Å². The minimum absolute atomic E-state index is 0.205. The molecule has 4 rings (SSSR count). The summed E-state index contributed by atoms with van der Waals surface area (Å²) < 4.78 is 12.2. The predicted molar refractivity (Wildman–Crippen MR) is 97.0 cm³/mol. The van der Waals surface area contributed by atoms with Gasteiger partial charge in [0, 0.05) is 17.5 Å². The summed E-state index contributed by atoms with van der Waals surface area (Å²) >= 11 is 0. The van der Waals surface area contributed by atoms with Crippen LogP contribution in [0.3, 0.4) is 0 Å². The number of aromatic nitrogens is 3. The van der Waals surface area contributed by atoms with E-state index >= 15 is 0 Å². The van der Waals surface area contributed by atoms with Crippen LogP contribution < -0.4 is 15.0 Å². The quantitative estimate of drug-likeness (QED) is 0.624. The normalized spacial score (nSPS) is 11.2. The Labute approximate surface area is 143 Å². The van der Waals surface area contributed by atoms with Gasteiger partial charge in [-0.3, -0.25) is 4.79 Å². The van der Waals surface area contributed by atoms with Crippen LogP contribution in [-0.4, -0.2) is 29.0 Å². The Bertz CT molecular complexity index is 1140. The monoisotopic (exact) mass is 335 g/mol. The summed E-state index contributed by atoms with van der Waals surface area (Å²) in [5, 5.41) is 6.11. The first kappa shape index (κ1) is 15.3. The van der Waals surface area contributed by atoms with Crippen molar-refractivity contribution in [2.45, 2.75) is 6.92 Å². The van der Waals surface area contributed by atoms with Crippen molar-refractivity contribution in [2.24, 2.45) is 0 Å². The first-order chi connectivity index (χ1) is 12.1. The van der Waals surface area contributed by atoms with Crippen LogP contribution in [0.4, 0.5) is 0 Å². The van der Waals surface area contributed by atoms with Crippen molar-refractivity contribution in [2.75, 3.05) is 14.2 Å². The number of methoxy groups -OCH3 is 2. The first-order valence-corrected chi connectivity index (χ1v) is 7.87. The predicted octanol–water partition coefficient (Wildman–Crippen LogP) is 3.19. The number of nitrogens with zero attached hydrogens (tertiary/aromatic N) is 2. The fourth-order valence-corrected chi connectivity index (χ4v) is 3.17. The smallest absolute Gasteiger partial charge is 0.295 e. The molecule has 2 aromatic heterocycles. The number of ether oxygens (including phenoxy) is 2. The van der Waals surface area contributed by atoms with Crippen LogP contribution in [0.5, 0.6) is 11.5 Å². The Morgan fingerprint density at radius 3 is 2.48 bits per heavy atom. The highest BCUT2D eigenvalue weighted by molar-refractivity contribution is 6.11. The SMILES string of the molecule is COc1cc(OC)c2c(c1)[nH]c1c(=O)n(-c3ccccc3)nc(C)c12. The molecular formula is C19H17N3O3. The number of para-hydroxylation sites is 1. The molecule has 0 saturated heterocycles. The second kappa shape index (κ2) is 5.66. The van der Waals surface area contributed by atoms with Crippen molar-refractivity contribution in [1.29, 1.82) is 0 Å². The van der Waals surface area contributed by atoms with Gasteiger partial charge in [-0.05, 0) is 19.1 Å². The third-order valence-corrected chi connectivity index (χ3v) is 4.31. The van der Waals surface area contributed by atoms with Gasteiger partial charge in [-0.25, -0.2) is 0 Å². The molecule has 0 amide bonds. The Morgan fingerprint density at radius 1 is 1.04 bits per heavy atom. The van der Waals surface area contributed by atoms with Crippen molar-refractivity contribution in [3.63, 3.8) is 0 Å². The van der Waals surface area contributed by atoms with E-state index in [-0.39, 0.29) is 5.56 Å². The second-order valence-corrected chi connectivity index (χ2v) is 5.77. The average Bonchev–Trinajstić information content (AvgIpc) is 3.05. The van der Waals surface area contributed by atoms with Crippen LogP contribution in [0, 0.1) is 6.92 Å². The number of hydrogen-bond acceptors (Lipinski definition) is 4. The topological polar surface area (TPSA) is 69.1 Å². The summed E-state index contributed by atoms with van der Waals surface area (Å²) in [7, 11) is 3.19. The first-order valence-electron chi connectivity index (χ1n) is 7.87. The molecule has 0 bridgehead atoms. The molecule has 6 nitrogen and oxygen atoms in total. The highest BCUT2D eigenvalue weighted by Gasteiger charge is 2.18. The fraction of sp³-hybridized carbons (Fsp3) is 0.158. The molecule has 0 aliphatic heterocycles. The third-order valence-electron chi connectivity index (χ3n) is 4.31. The van der Waals surface area contributed by atoms with Crippen molar-refractivity contribution >= 4 is 21.8 Å². The molecule has 2 aromatic carbocycles. The Balaban J connectivity index is 2.13. The highest BCUT2D eigenvalue weighted by Crippen LogP contribution is 2.36. The van der Waals surface area contributed by atoms with E-state index in [2.05, 4.69) is 10.1 Å². The van der Waals surface area contributed by atoms with E-state index in [4.69, 9.17) is 9.47 Å². The molecule has 0 atom stereocenters. The van der Waals surface area contributed by atoms with E-state index in [1.54, 1.807) is 20.3 Å². The van der Waals surface area contributed by atoms with Gasteiger partial charge in [0.1, 0.15) is 17.0 Å². The van der Waals surface area contributed by atoms with Gasteiger partial charge in [-0.2, -0.15) is 9.78 Å². The Morgan fingerprint density at radius 2 is 1.80 bits per heavy atom. The van der Waals surface area contributed by atoms with Crippen LogP contribution in [0.2, 0.25) is 0 Å². The third kappa shape index (κ3) is 2.26. The molecule has 25 heavy (non-hydrogen) atoms. The number of H-pyrrole nitrogens is 1. The minimum atomic E-state index is -0.205. The fourth-order valence-electron chi connectivity index (χ4n) is 3.17. The largest absolute Gasteiger partial charge is 0.497 e. The van der Waals surface area contributed by atoms with Crippen molar-refractivity contribution < 1.29 is 9.47 Å². The highest BCUT2D eigenvalue weighted by atomic mass is 16.5. The van der Waals surface area contributed by atoms with E-state index < -0.39 is 0 Å². The van der Waals surface area contributed by atoms with Crippen LogP contribution in [0.25, 0.3) is 27.5 Å². The molecule has 0 unspecified atom stereocenters. The van der Waals surface area contributed by atoms with Crippen LogP contribution in [0.15, 0.2) is 47.3 Å². The van der Waals surface area contributed by atoms with Gasteiger partial charge in [-0.15, -0.1) is 0 Å². The number of rotatable bonds is 3. The van der Waals surface area contributed by atoms with E-state index in [1.165, 1.54) is 4.68 Å². The molecule has 2 heterocycles. The molecule has 0 spiro atoms. The lowest BCUT2D eigenvalue weighted by atomic mass is 10.1. The lowest BCUT2D eigenvalue weighted by Gasteiger charge is -2.08. The molecule has 0 aliphatic carbocycles. The summed E-state index contributed by atoms with van der Waals surface area (Å²) in [5.74, 6) is 1.30. The second-order valence-electron chi connectivity index (χ2n) is 5.77. The summed E-state index contributed by atoms with van der Waals surface area (Å²) in [6.45, 7) is 1.89. The minimum Gasteiger partial charge on any atom is -0.497 e. The molecule has 6 heteroatoms. The van der Waals surface area contributed by atoms with E-state index in [0.29, 0.717) is 17.0 Å². The van der Waals surface area contributed by atoms with Gasteiger partial charge in [0.05, 0.1) is 36.5 Å². The maximum absolute atomic E-state index is 13.0. The molecule has 1 N–H and O–H groups in total. The van der Waals surface area contributed by atoms with Crippen LogP contribution >= 0.6 is 0 Å². The average molecular weight is 335 g/mol. The molecule has 0 fully saturated rings. The molecule has 0 aliphatic rings. The molecule has 4 aromatic rings. The zero-order valence-corrected chi connectivity index (χ0v) is 14.2. The molecule has 0 saturated carbocycles. The number of aryl methyl sites for hydroxylation is 1. The maximum atomic E-state index is 13.0. The van der Waals surface area contributed by atoms with E-state index in [1.807, 2.05) is 43.3 Å². The zero-order valence-electron chi connectivity index (χ0n) is 14.2. The maximum Gasteiger partial charge on any atom is 0.295 e. The van der Waals surface area contributed by atoms with Gasteiger partial charge in [0.2, 0.25) is 0 Å². The van der Waals surface area contributed by atoms with Gasteiger partial charge in [-0.1, -0.05) is 18.2 Å². The zero-order chi connectivity index (χ0) is 17.6. The standard InChI is InChI=1S/C19H17N3O3/c1-11-16-17-14(9-13(24-2)10-15(17)25-3)20-18(16)19(23)22(21-11)12-7-5-4-6-8-12/h4-10,20H,1-3H3. The number of aromatic amines is 1. The van der Waals surface area contributed by atoms with Gasteiger partial charge < -0.3 is 14.5 Å². The number of nitrogens with one attached hydrogen (secondary N) is 1. The lowest BCUT2D eigenvalue weighted by molar-refractivity contribution is 0.398. The van der Waals surface area contributed by atoms with Crippen LogP contribution in [-0.2, 0) is 0 Å². The number of benzene rings is 2. The summed E-state index contributed by atoms with van der Waals surface area (Å²) in [5.41, 5.74) is 2.54. The molecule has 126 valence electrons. The Kier molecular flexibility index (Phi) is 3.46. The van der Waals surface area contributed by atoms with Gasteiger partial charge >= 0.3 is 0 Å². The summed E-state index contributed by atoms with van der Waals surface area (Å²) in [6.07, 6.45) is 0. The number of fused-ring (bicyclic) bond motifs is 3. The molecular weight excluding hydrogens is 318 g/mol. The summed E-state index contributed by atoms with van der Waals surface area (Å²) in [6, 6.07) is 13.0. The van der Waals surface area contributed by atoms with Crippen molar-refractivity contribution in [3.8, 4) is 17.2 Å². The van der Waals surface area contributed by atoms with Crippen LogP contribution in [0.1, 0.15) is 5.69 Å². The Hall–Kier alpha value is -3.28. The molecule has 0 radical (unpaired) electrons. The number of hydrogen-bond donors (Lipinski definition) is 1. The van der Waals surface area contributed by atoms with E-state index in [9.17, 15) is 4.79 Å². The lowest BCUT2D eigenvalue weighted by Crippen LogP contribution is -2.22. The summed E-state index contributed by atoms with van der Waals surface area (Å²) in [4.78, 5) is 16.2. The van der Waals surface area contributed by atoms with Gasteiger partial charge in [0.15, 0.2) is 0 Å².